The van der Waals surface area contributed by atoms with Crippen molar-refractivity contribution in [2.24, 2.45) is 0 Å². The van der Waals surface area contributed by atoms with E-state index in [1.807, 2.05) is 37.3 Å². The van der Waals surface area contributed by atoms with Gasteiger partial charge in [-0.3, -0.25) is 0 Å². The largest absolute Gasteiger partial charge is 0.438 e. The number of carbonyl (C=O) groups excluding carboxylic acids is 1. The van der Waals surface area contributed by atoms with Gasteiger partial charge in [-0.15, -0.1) is 0 Å². The van der Waals surface area contributed by atoms with Crippen molar-refractivity contribution in [3.05, 3.63) is 71.3 Å². The topological polar surface area (TPSA) is 87.2 Å². The standard InChI is InChI=1S/C28H38N2O5S/c1-21(22-10-12-23(13-11-22)24-14-17-29(18-15-24)36(4,33)34)30-19-16-28(35-26(30)31,20-27(2,3)32)25-8-6-5-7-9-25/h5-13,21,24,32H,14-20H2,1-4H3/t21-,28?/m0/s1. The van der Waals surface area contributed by atoms with Gasteiger partial charge in [-0.25, -0.2) is 17.5 Å². The number of cyclic esters (lactones) is 1. The van der Waals surface area contributed by atoms with Crippen LogP contribution in [0.15, 0.2) is 54.6 Å². The fourth-order valence-electron chi connectivity index (χ4n) is 5.64. The summed E-state index contributed by atoms with van der Waals surface area (Å²) in [6.07, 6.45) is 3.42. The summed E-state index contributed by atoms with van der Waals surface area (Å²) in [6, 6.07) is 17.9. The van der Waals surface area contributed by atoms with E-state index in [0.29, 0.717) is 38.4 Å². The predicted molar refractivity (Wildman–Crippen MR) is 140 cm³/mol. The van der Waals surface area contributed by atoms with Gasteiger partial charge in [0, 0.05) is 32.5 Å². The van der Waals surface area contributed by atoms with Gasteiger partial charge in [-0.2, -0.15) is 0 Å². The summed E-state index contributed by atoms with van der Waals surface area (Å²) in [5.74, 6) is 0.334. The number of carbonyl (C=O) groups is 1. The Morgan fingerprint density at radius 3 is 2.19 bits per heavy atom. The fraction of sp³-hybridized carbons (Fsp3) is 0.536. The lowest BCUT2D eigenvalue weighted by atomic mass is 9.80. The van der Waals surface area contributed by atoms with Gasteiger partial charge in [-0.1, -0.05) is 54.6 Å². The molecule has 4 rings (SSSR count). The third-order valence-electron chi connectivity index (χ3n) is 7.57. The van der Waals surface area contributed by atoms with Crippen LogP contribution in [0.5, 0.6) is 0 Å². The van der Waals surface area contributed by atoms with E-state index in [-0.39, 0.29) is 12.1 Å². The van der Waals surface area contributed by atoms with Crippen LogP contribution < -0.4 is 0 Å². The normalized spacial score (nSPS) is 23.4. The first kappa shape index (κ1) is 26.6. The maximum Gasteiger partial charge on any atom is 0.411 e. The van der Waals surface area contributed by atoms with E-state index in [0.717, 1.165) is 24.0 Å². The van der Waals surface area contributed by atoms with Crippen molar-refractivity contribution in [3.8, 4) is 0 Å². The minimum absolute atomic E-state index is 0.158. The summed E-state index contributed by atoms with van der Waals surface area (Å²) in [4.78, 5) is 15.0. The molecular weight excluding hydrogens is 476 g/mol. The molecule has 0 spiro atoms. The number of ether oxygens (including phenoxy) is 1. The molecule has 7 nitrogen and oxygen atoms in total. The molecule has 2 aromatic carbocycles. The lowest BCUT2D eigenvalue weighted by Gasteiger charge is -2.45. The Morgan fingerprint density at radius 2 is 1.67 bits per heavy atom. The summed E-state index contributed by atoms with van der Waals surface area (Å²) in [6.45, 7) is 7.12. The highest BCUT2D eigenvalue weighted by atomic mass is 32.2. The first-order valence-electron chi connectivity index (χ1n) is 12.7. The van der Waals surface area contributed by atoms with Crippen LogP contribution in [0.2, 0.25) is 0 Å². The summed E-state index contributed by atoms with van der Waals surface area (Å²) in [7, 11) is -3.13. The Hall–Kier alpha value is -2.42. The number of hydrogen-bond acceptors (Lipinski definition) is 5. The molecule has 1 amide bonds. The lowest BCUT2D eigenvalue weighted by Crippen LogP contribution is -2.51. The molecule has 2 fully saturated rings. The third kappa shape index (κ3) is 5.93. The summed E-state index contributed by atoms with van der Waals surface area (Å²) < 4.78 is 31.2. The third-order valence-corrected chi connectivity index (χ3v) is 8.88. The number of nitrogens with zero attached hydrogens (tertiary/aromatic N) is 2. The number of sulfonamides is 1. The Morgan fingerprint density at radius 1 is 1.06 bits per heavy atom. The van der Waals surface area contributed by atoms with Gasteiger partial charge in [0.25, 0.3) is 0 Å². The van der Waals surface area contributed by atoms with Crippen molar-refractivity contribution < 1.29 is 23.1 Å². The molecule has 2 saturated heterocycles. The molecule has 2 aromatic rings. The molecule has 2 atom stereocenters. The van der Waals surface area contributed by atoms with Crippen molar-refractivity contribution in [2.75, 3.05) is 25.9 Å². The molecule has 0 aromatic heterocycles. The van der Waals surface area contributed by atoms with Crippen LogP contribution >= 0.6 is 0 Å². The molecule has 8 heteroatoms. The van der Waals surface area contributed by atoms with E-state index >= 15 is 0 Å². The maximum absolute atomic E-state index is 13.3. The average molecular weight is 515 g/mol. The van der Waals surface area contributed by atoms with Crippen molar-refractivity contribution in [3.63, 3.8) is 0 Å². The smallest absolute Gasteiger partial charge is 0.411 e. The Kier molecular flexibility index (Phi) is 7.51. The fourth-order valence-corrected chi connectivity index (χ4v) is 6.51. The molecule has 0 aliphatic carbocycles. The summed E-state index contributed by atoms with van der Waals surface area (Å²) in [5.41, 5.74) is 1.28. The highest BCUT2D eigenvalue weighted by Gasteiger charge is 2.46. The molecule has 1 N–H and O–H groups in total. The SMILES string of the molecule is C[C@@H](c1ccc(C2CCN(S(C)(=O)=O)CC2)cc1)N1CCC(CC(C)(C)O)(c2ccccc2)OC1=O. The minimum Gasteiger partial charge on any atom is -0.438 e. The van der Waals surface area contributed by atoms with Crippen LogP contribution in [-0.4, -0.2) is 60.3 Å². The van der Waals surface area contributed by atoms with Crippen molar-refractivity contribution >= 4 is 16.1 Å². The summed E-state index contributed by atoms with van der Waals surface area (Å²) >= 11 is 0. The molecule has 0 radical (unpaired) electrons. The Labute approximate surface area is 215 Å². The molecule has 0 saturated carbocycles. The maximum atomic E-state index is 13.3. The second kappa shape index (κ2) is 10.1. The van der Waals surface area contributed by atoms with Crippen LogP contribution in [0, 0.1) is 0 Å². The van der Waals surface area contributed by atoms with Gasteiger partial charge in [0.1, 0.15) is 5.60 Å². The lowest BCUT2D eigenvalue weighted by molar-refractivity contribution is -0.101. The van der Waals surface area contributed by atoms with E-state index < -0.39 is 21.2 Å². The van der Waals surface area contributed by atoms with E-state index in [1.165, 1.54) is 11.8 Å². The van der Waals surface area contributed by atoms with Gasteiger partial charge < -0.3 is 14.7 Å². The monoisotopic (exact) mass is 514 g/mol. The van der Waals surface area contributed by atoms with Crippen LogP contribution in [0.1, 0.15) is 75.1 Å². The zero-order valence-corrected chi connectivity index (χ0v) is 22.5. The average Bonchev–Trinajstić information content (AvgIpc) is 2.83. The molecule has 36 heavy (non-hydrogen) atoms. The number of hydrogen-bond donors (Lipinski definition) is 1. The quantitative estimate of drug-likeness (QED) is 0.574. The molecule has 0 bridgehead atoms. The number of rotatable bonds is 7. The van der Waals surface area contributed by atoms with Crippen LogP contribution in [0.25, 0.3) is 0 Å². The second-order valence-corrected chi connectivity index (χ2v) is 12.9. The zero-order valence-electron chi connectivity index (χ0n) is 21.7. The molecule has 1 unspecified atom stereocenters. The minimum atomic E-state index is -3.13. The number of piperidine rings is 1. The number of aliphatic hydroxyl groups is 1. The summed E-state index contributed by atoms with van der Waals surface area (Å²) in [5, 5.41) is 10.6. The molecule has 196 valence electrons. The van der Waals surface area contributed by atoms with E-state index in [4.69, 9.17) is 4.74 Å². The van der Waals surface area contributed by atoms with Crippen molar-refractivity contribution in [2.45, 2.75) is 69.6 Å². The van der Waals surface area contributed by atoms with Crippen molar-refractivity contribution in [1.29, 1.82) is 0 Å². The number of benzene rings is 2. The van der Waals surface area contributed by atoms with Gasteiger partial charge in [0.15, 0.2) is 0 Å². The zero-order chi connectivity index (χ0) is 26.1. The van der Waals surface area contributed by atoms with Gasteiger partial charge in [-0.05, 0) is 56.2 Å². The van der Waals surface area contributed by atoms with Crippen LogP contribution in [-0.2, 0) is 20.4 Å². The van der Waals surface area contributed by atoms with Crippen LogP contribution in [0.3, 0.4) is 0 Å². The van der Waals surface area contributed by atoms with Crippen LogP contribution in [0.4, 0.5) is 4.79 Å². The number of amides is 1. The Balaban J connectivity index is 1.44. The molecule has 2 aliphatic heterocycles. The first-order valence-corrected chi connectivity index (χ1v) is 14.6. The molecule has 2 heterocycles. The van der Waals surface area contributed by atoms with E-state index in [9.17, 15) is 18.3 Å². The molecular formula is C28H38N2O5S. The predicted octanol–water partition coefficient (Wildman–Crippen LogP) is 4.79. The second-order valence-electron chi connectivity index (χ2n) is 10.9. The van der Waals surface area contributed by atoms with E-state index in [2.05, 4.69) is 24.3 Å². The first-order chi connectivity index (χ1) is 16.9. The Bertz CT molecular complexity index is 1150. The van der Waals surface area contributed by atoms with Crippen molar-refractivity contribution in [1.82, 2.24) is 9.21 Å². The van der Waals surface area contributed by atoms with Gasteiger partial charge in [0.05, 0.1) is 17.9 Å². The van der Waals surface area contributed by atoms with Gasteiger partial charge >= 0.3 is 6.09 Å². The molecule has 2 aliphatic rings. The van der Waals surface area contributed by atoms with E-state index in [1.54, 1.807) is 23.1 Å². The highest BCUT2D eigenvalue weighted by Crippen LogP contribution is 2.42. The highest BCUT2D eigenvalue weighted by molar-refractivity contribution is 7.88. The van der Waals surface area contributed by atoms with Gasteiger partial charge in [0.2, 0.25) is 10.0 Å².